The monoisotopic (exact) mass is 269 g/mol. The lowest BCUT2D eigenvalue weighted by molar-refractivity contribution is 0.0637. The quantitative estimate of drug-likeness (QED) is 0.556. The first kappa shape index (κ1) is 17.0. The average Bonchev–Trinajstić information content (AvgIpc) is 2.46. The summed E-state index contributed by atoms with van der Waals surface area (Å²) in [6.07, 6.45) is 13.6. The predicted octanol–water partition coefficient (Wildman–Crippen LogP) is 4.53. The molecule has 2 nitrogen and oxygen atoms in total. The molecule has 1 N–H and O–H groups in total. The Hall–Kier alpha value is -0.0800. The van der Waals surface area contributed by atoms with Crippen LogP contribution < -0.4 is 5.32 Å². The summed E-state index contributed by atoms with van der Waals surface area (Å²) in [6.45, 7) is 7.78. The van der Waals surface area contributed by atoms with E-state index in [2.05, 4.69) is 19.2 Å². The first-order valence-electron chi connectivity index (χ1n) is 8.68. The Morgan fingerprint density at radius 1 is 1.05 bits per heavy atom. The third-order valence-corrected chi connectivity index (χ3v) is 4.48. The molecule has 0 amide bonds. The van der Waals surface area contributed by atoms with Crippen LogP contribution in [0.5, 0.6) is 0 Å². The Bertz CT molecular complexity index is 190. The summed E-state index contributed by atoms with van der Waals surface area (Å²) in [4.78, 5) is 0. The summed E-state index contributed by atoms with van der Waals surface area (Å²) < 4.78 is 5.41. The molecule has 1 fully saturated rings. The van der Waals surface area contributed by atoms with Crippen molar-refractivity contribution in [1.29, 1.82) is 0 Å². The van der Waals surface area contributed by atoms with Gasteiger partial charge in [0.1, 0.15) is 0 Å². The van der Waals surface area contributed by atoms with Crippen LogP contribution in [0.3, 0.4) is 0 Å². The summed E-state index contributed by atoms with van der Waals surface area (Å²) in [5, 5.41) is 3.77. The zero-order chi connectivity index (χ0) is 13.8. The van der Waals surface area contributed by atoms with Gasteiger partial charge in [-0.2, -0.15) is 0 Å². The van der Waals surface area contributed by atoms with Gasteiger partial charge in [-0.3, -0.25) is 0 Å². The van der Waals surface area contributed by atoms with E-state index in [0.717, 1.165) is 25.2 Å². The lowest BCUT2D eigenvalue weighted by Gasteiger charge is -2.23. The van der Waals surface area contributed by atoms with E-state index < -0.39 is 0 Å². The Kier molecular flexibility index (Phi) is 10.5. The molecular formula is C17H35NO. The van der Waals surface area contributed by atoms with Crippen LogP contribution in [-0.4, -0.2) is 25.8 Å². The summed E-state index contributed by atoms with van der Waals surface area (Å²) in [5.74, 6) is 0.906. The minimum atomic E-state index is 0.751. The maximum atomic E-state index is 5.41. The van der Waals surface area contributed by atoms with E-state index in [9.17, 15) is 0 Å². The van der Waals surface area contributed by atoms with Crippen LogP contribution in [0, 0.1) is 5.92 Å². The van der Waals surface area contributed by atoms with Crippen LogP contribution in [0.2, 0.25) is 0 Å². The SMILES string of the molecule is CCCCCCCC(CC)NCCC1CCOCC1. The van der Waals surface area contributed by atoms with Gasteiger partial charge < -0.3 is 10.1 Å². The van der Waals surface area contributed by atoms with Gasteiger partial charge in [0.2, 0.25) is 0 Å². The molecule has 0 aromatic heterocycles. The maximum Gasteiger partial charge on any atom is 0.0468 e. The number of rotatable bonds is 11. The van der Waals surface area contributed by atoms with E-state index in [1.807, 2.05) is 0 Å². The van der Waals surface area contributed by atoms with Crippen molar-refractivity contribution in [2.75, 3.05) is 19.8 Å². The van der Waals surface area contributed by atoms with Gasteiger partial charge in [-0.1, -0.05) is 46.0 Å². The van der Waals surface area contributed by atoms with Gasteiger partial charge in [-0.25, -0.2) is 0 Å². The summed E-state index contributed by atoms with van der Waals surface area (Å²) in [7, 11) is 0. The molecule has 0 saturated carbocycles. The van der Waals surface area contributed by atoms with Crippen molar-refractivity contribution >= 4 is 0 Å². The van der Waals surface area contributed by atoms with Crippen LogP contribution >= 0.6 is 0 Å². The Morgan fingerprint density at radius 3 is 2.47 bits per heavy atom. The Morgan fingerprint density at radius 2 is 1.79 bits per heavy atom. The highest BCUT2D eigenvalue weighted by molar-refractivity contribution is 4.69. The highest BCUT2D eigenvalue weighted by Crippen LogP contribution is 2.18. The van der Waals surface area contributed by atoms with Crippen LogP contribution in [0.4, 0.5) is 0 Å². The minimum absolute atomic E-state index is 0.751. The van der Waals surface area contributed by atoms with Gasteiger partial charge in [-0.05, 0) is 44.6 Å². The molecule has 1 unspecified atom stereocenters. The molecule has 0 aromatic rings. The molecule has 0 aliphatic carbocycles. The molecule has 1 aliphatic heterocycles. The zero-order valence-corrected chi connectivity index (χ0v) is 13.3. The predicted molar refractivity (Wildman–Crippen MR) is 83.6 cm³/mol. The summed E-state index contributed by atoms with van der Waals surface area (Å²) >= 11 is 0. The average molecular weight is 269 g/mol. The van der Waals surface area contributed by atoms with E-state index in [0.29, 0.717) is 0 Å². The number of hydrogen-bond donors (Lipinski definition) is 1. The lowest BCUT2D eigenvalue weighted by atomic mass is 9.96. The van der Waals surface area contributed by atoms with Crippen LogP contribution in [0.25, 0.3) is 0 Å². The smallest absolute Gasteiger partial charge is 0.0468 e. The van der Waals surface area contributed by atoms with E-state index >= 15 is 0 Å². The normalized spacial score (nSPS) is 18.6. The molecule has 0 spiro atoms. The molecule has 0 aromatic carbocycles. The fraction of sp³-hybridized carbons (Fsp3) is 1.00. The van der Waals surface area contributed by atoms with Crippen molar-refractivity contribution in [1.82, 2.24) is 5.32 Å². The third-order valence-electron chi connectivity index (χ3n) is 4.48. The van der Waals surface area contributed by atoms with Crippen LogP contribution in [-0.2, 0) is 4.74 Å². The van der Waals surface area contributed by atoms with Gasteiger partial charge in [0.15, 0.2) is 0 Å². The molecule has 0 radical (unpaired) electrons. The van der Waals surface area contributed by atoms with Crippen molar-refractivity contribution in [3.8, 4) is 0 Å². The van der Waals surface area contributed by atoms with Gasteiger partial charge >= 0.3 is 0 Å². The highest BCUT2D eigenvalue weighted by atomic mass is 16.5. The van der Waals surface area contributed by atoms with Crippen LogP contribution in [0.1, 0.15) is 78.1 Å². The molecule has 1 aliphatic rings. The molecule has 0 bridgehead atoms. The van der Waals surface area contributed by atoms with Gasteiger partial charge in [0.05, 0.1) is 0 Å². The highest BCUT2D eigenvalue weighted by Gasteiger charge is 2.13. The molecular weight excluding hydrogens is 234 g/mol. The second-order valence-electron chi connectivity index (χ2n) is 6.11. The van der Waals surface area contributed by atoms with E-state index in [-0.39, 0.29) is 0 Å². The lowest BCUT2D eigenvalue weighted by Crippen LogP contribution is -2.31. The maximum absolute atomic E-state index is 5.41. The van der Waals surface area contributed by atoms with Crippen molar-refractivity contribution in [2.45, 2.75) is 84.1 Å². The summed E-state index contributed by atoms with van der Waals surface area (Å²) in [5.41, 5.74) is 0. The molecule has 1 atom stereocenters. The van der Waals surface area contributed by atoms with E-state index in [1.54, 1.807) is 0 Å². The van der Waals surface area contributed by atoms with Gasteiger partial charge in [0, 0.05) is 19.3 Å². The second-order valence-corrected chi connectivity index (χ2v) is 6.11. The standard InChI is InChI=1S/C17H35NO/c1-3-5-6-7-8-9-17(4-2)18-13-10-16-11-14-19-15-12-16/h16-18H,3-15H2,1-2H3. The van der Waals surface area contributed by atoms with E-state index in [4.69, 9.17) is 4.74 Å². The molecule has 1 saturated heterocycles. The van der Waals surface area contributed by atoms with Crippen molar-refractivity contribution < 1.29 is 4.74 Å². The number of ether oxygens (including phenoxy) is 1. The first-order valence-corrected chi connectivity index (χ1v) is 8.68. The minimum Gasteiger partial charge on any atom is -0.381 e. The molecule has 19 heavy (non-hydrogen) atoms. The van der Waals surface area contributed by atoms with Gasteiger partial charge in [0.25, 0.3) is 0 Å². The molecule has 1 rings (SSSR count). The third kappa shape index (κ3) is 8.65. The zero-order valence-electron chi connectivity index (χ0n) is 13.3. The van der Waals surface area contributed by atoms with Crippen LogP contribution in [0.15, 0.2) is 0 Å². The summed E-state index contributed by atoms with van der Waals surface area (Å²) in [6, 6.07) is 0.751. The topological polar surface area (TPSA) is 21.3 Å². The van der Waals surface area contributed by atoms with E-state index in [1.165, 1.54) is 70.8 Å². The van der Waals surface area contributed by atoms with Crippen molar-refractivity contribution in [3.63, 3.8) is 0 Å². The number of unbranched alkanes of at least 4 members (excludes halogenated alkanes) is 4. The fourth-order valence-electron chi connectivity index (χ4n) is 2.97. The molecule has 1 heterocycles. The Balaban J connectivity index is 1.97. The van der Waals surface area contributed by atoms with Gasteiger partial charge in [-0.15, -0.1) is 0 Å². The second kappa shape index (κ2) is 11.7. The first-order chi connectivity index (χ1) is 9.36. The molecule has 114 valence electrons. The number of nitrogens with one attached hydrogen (secondary N) is 1. The fourth-order valence-corrected chi connectivity index (χ4v) is 2.97. The number of hydrogen-bond acceptors (Lipinski definition) is 2. The Labute approximate surface area is 120 Å². The molecule has 2 heteroatoms. The van der Waals surface area contributed by atoms with Crippen molar-refractivity contribution in [2.24, 2.45) is 5.92 Å². The van der Waals surface area contributed by atoms with Crippen molar-refractivity contribution in [3.05, 3.63) is 0 Å². The largest absolute Gasteiger partial charge is 0.381 e.